The predicted molar refractivity (Wildman–Crippen MR) is 156 cm³/mol. The molecule has 0 amide bonds. The molecule has 0 aliphatic carbocycles. The maximum atomic E-state index is 14.1. The Morgan fingerprint density at radius 3 is 2.56 bits per heavy atom. The normalized spacial score (nSPS) is 15.2. The van der Waals surface area contributed by atoms with Crippen LogP contribution in [0.1, 0.15) is 29.0 Å². The molecule has 1 unspecified atom stereocenters. The van der Waals surface area contributed by atoms with Crippen molar-refractivity contribution in [2.75, 3.05) is 13.7 Å². The van der Waals surface area contributed by atoms with Crippen molar-refractivity contribution in [3.8, 4) is 5.75 Å². The van der Waals surface area contributed by atoms with Crippen molar-refractivity contribution in [3.05, 3.63) is 126 Å². The highest BCUT2D eigenvalue weighted by molar-refractivity contribution is 7.11. The Bertz CT molecular complexity index is 1900. The number of thiophene rings is 1. The van der Waals surface area contributed by atoms with Gasteiger partial charge in [-0.3, -0.25) is 9.36 Å². The number of methoxy groups -OCH3 is 1. The van der Waals surface area contributed by atoms with Crippen LogP contribution in [0.15, 0.2) is 99.6 Å². The van der Waals surface area contributed by atoms with Crippen LogP contribution in [0.2, 0.25) is 0 Å². The lowest BCUT2D eigenvalue weighted by molar-refractivity contribution is -0.138. The molecule has 0 bridgehead atoms. The Balaban J connectivity index is 1.77. The van der Waals surface area contributed by atoms with Crippen LogP contribution in [0.5, 0.6) is 5.75 Å². The SMILES string of the molecule is CCOC(=O)C1=C(c2ccccc2)N=c2sc(=Cc3cccs3)c(=O)n2C1c1c(OC)ccc2ccccc12. The summed E-state index contributed by atoms with van der Waals surface area (Å²) in [6, 6.07) is 24.4. The average Bonchev–Trinajstić information content (AvgIpc) is 3.59. The molecule has 0 radical (unpaired) electrons. The van der Waals surface area contributed by atoms with E-state index in [1.54, 1.807) is 29.9 Å². The molecule has 6 rings (SSSR count). The van der Waals surface area contributed by atoms with E-state index in [1.165, 1.54) is 11.3 Å². The van der Waals surface area contributed by atoms with Crippen molar-refractivity contribution in [1.82, 2.24) is 4.57 Å². The molecule has 0 saturated carbocycles. The first-order chi connectivity index (χ1) is 19.1. The van der Waals surface area contributed by atoms with Crippen molar-refractivity contribution in [1.29, 1.82) is 0 Å². The van der Waals surface area contributed by atoms with Crippen LogP contribution in [0.3, 0.4) is 0 Å². The number of rotatable bonds is 6. The van der Waals surface area contributed by atoms with Gasteiger partial charge in [0.1, 0.15) is 11.8 Å². The first-order valence-electron chi connectivity index (χ1n) is 12.5. The summed E-state index contributed by atoms with van der Waals surface area (Å²) in [6.45, 7) is 1.96. The van der Waals surface area contributed by atoms with E-state index in [2.05, 4.69) is 0 Å². The van der Waals surface area contributed by atoms with Gasteiger partial charge in [0.05, 0.1) is 29.5 Å². The van der Waals surface area contributed by atoms with Gasteiger partial charge in [0, 0.05) is 16.0 Å². The molecule has 3 aromatic carbocycles. The van der Waals surface area contributed by atoms with E-state index in [-0.39, 0.29) is 12.2 Å². The number of carbonyl (C=O) groups excluding carboxylic acids is 1. The predicted octanol–water partition coefficient (Wildman–Crippen LogP) is 5.16. The Morgan fingerprint density at radius 1 is 1.03 bits per heavy atom. The lowest BCUT2D eigenvalue weighted by Gasteiger charge is -2.28. The molecule has 194 valence electrons. The largest absolute Gasteiger partial charge is 0.496 e. The number of thiazole rings is 1. The molecule has 1 aliphatic heterocycles. The summed E-state index contributed by atoms with van der Waals surface area (Å²) in [5, 5.41) is 3.82. The number of fused-ring (bicyclic) bond motifs is 2. The molecule has 0 spiro atoms. The van der Waals surface area contributed by atoms with Crippen LogP contribution >= 0.6 is 22.7 Å². The van der Waals surface area contributed by atoms with Crippen molar-refractivity contribution >= 4 is 51.2 Å². The summed E-state index contributed by atoms with van der Waals surface area (Å²) in [4.78, 5) is 34.3. The third-order valence-corrected chi connectivity index (χ3v) is 8.42. The number of hydrogen-bond donors (Lipinski definition) is 0. The minimum Gasteiger partial charge on any atom is -0.496 e. The minimum atomic E-state index is -0.818. The highest BCUT2D eigenvalue weighted by Gasteiger charge is 2.37. The van der Waals surface area contributed by atoms with Gasteiger partial charge in [0.2, 0.25) is 0 Å². The van der Waals surface area contributed by atoms with E-state index in [0.29, 0.717) is 31.9 Å². The highest BCUT2D eigenvalue weighted by Crippen LogP contribution is 2.42. The zero-order chi connectivity index (χ0) is 26.9. The first-order valence-corrected chi connectivity index (χ1v) is 14.2. The van der Waals surface area contributed by atoms with E-state index in [4.69, 9.17) is 14.5 Å². The number of aromatic nitrogens is 1. The second kappa shape index (κ2) is 10.5. The standard InChI is InChI=1S/C31H24N2O4S2/c1-3-37-30(35)26-27(20-11-5-4-6-12-20)32-31-33(29(34)24(39-31)18-21-13-9-17-38-21)28(26)25-22-14-8-7-10-19(22)15-16-23(25)36-2/h4-18,28H,3H2,1-2H3. The maximum absolute atomic E-state index is 14.1. The Kier molecular flexibility index (Phi) is 6.72. The quantitative estimate of drug-likeness (QED) is 0.273. The molecule has 6 nitrogen and oxygen atoms in total. The number of esters is 1. The van der Waals surface area contributed by atoms with E-state index in [1.807, 2.05) is 90.3 Å². The molecule has 39 heavy (non-hydrogen) atoms. The second-order valence-electron chi connectivity index (χ2n) is 8.85. The lowest BCUT2D eigenvalue weighted by Crippen LogP contribution is -2.40. The van der Waals surface area contributed by atoms with E-state index in [9.17, 15) is 9.59 Å². The van der Waals surface area contributed by atoms with Gasteiger partial charge in [-0.15, -0.1) is 11.3 Å². The Hall–Kier alpha value is -4.27. The second-order valence-corrected chi connectivity index (χ2v) is 10.8. The minimum absolute atomic E-state index is 0.187. The summed E-state index contributed by atoms with van der Waals surface area (Å²) < 4.78 is 13.6. The third-order valence-electron chi connectivity index (χ3n) is 6.61. The summed E-state index contributed by atoms with van der Waals surface area (Å²) in [6.07, 6.45) is 1.88. The topological polar surface area (TPSA) is 69.9 Å². The molecule has 0 N–H and O–H groups in total. The van der Waals surface area contributed by atoms with Gasteiger partial charge in [0.15, 0.2) is 4.80 Å². The van der Waals surface area contributed by atoms with Crippen molar-refractivity contribution < 1.29 is 14.3 Å². The molecular formula is C31H24N2O4S2. The molecule has 1 aliphatic rings. The molecule has 0 saturated heterocycles. The fourth-order valence-corrected chi connectivity index (χ4v) is 6.68. The van der Waals surface area contributed by atoms with Crippen LogP contribution in [-0.2, 0) is 9.53 Å². The van der Waals surface area contributed by atoms with Gasteiger partial charge in [0.25, 0.3) is 5.56 Å². The molecule has 8 heteroatoms. The Labute approximate surface area is 232 Å². The molecule has 0 fully saturated rings. The van der Waals surface area contributed by atoms with Gasteiger partial charge < -0.3 is 9.47 Å². The maximum Gasteiger partial charge on any atom is 0.338 e. The van der Waals surface area contributed by atoms with Crippen LogP contribution < -0.4 is 19.6 Å². The van der Waals surface area contributed by atoms with Gasteiger partial charge in [-0.05, 0) is 41.3 Å². The van der Waals surface area contributed by atoms with Crippen LogP contribution in [0, 0.1) is 0 Å². The zero-order valence-electron chi connectivity index (χ0n) is 21.3. The van der Waals surface area contributed by atoms with Gasteiger partial charge in [-0.25, -0.2) is 9.79 Å². The molecule has 2 aromatic heterocycles. The molecular weight excluding hydrogens is 528 g/mol. The van der Waals surface area contributed by atoms with Crippen molar-refractivity contribution in [3.63, 3.8) is 0 Å². The number of hydrogen-bond acceptors (Lipinski definition) is 7. The smallest absolute Gasteiger partial charge is 0.338 e. The fraction of sp³-hybridized carbons (Fsp3) is 0.129. The average molecular weight is 553 g/mol. The summed E-state index contributed by atoms with van der Waals surface area (Å²) >= 11 is 2.87. The summed E-state index contributed by atoms with van der Waals surface area (Å²) in [5.41, 5.74) is 2.04. The number of nitrogens with zero attached hydrogens (tertiary/aromatic N) is 2. The van der Waals surface area contributed by atoms with E-state index >= 15 is 0 Å². The van der Waals surface area contributed by atoms with Crippen molar-refractivity contribution in [2.24, 2.45) is 4.99 Å². The first kappa shape index (κ1) is 25.0. The van der Waals surface area contributed by atoms with Crippen LogP contribution in [0.25, 0.3) is 22.5 Å². The van der Waals surface area contributed by atoms with E-state index in [0.717, 1.165) is 21.2 Å². The van der Waals surface area contributed by atoms with Gasteiger partial charge in [-0.1, -0.05) is 78.1 Å². The fourth-order valence-electron chi connectivity index (χ4n) is 4.95. The van der Waals surface area contributed by atoms with Gasteiger partial charge in [-0.2, -0.15) is 0 Å². The summed E-state index contributed by atoms with van der Waals surface area (Å²) in [5.74, 6) is 0.0512. The highest BCUT2D eigenvalue weighted by atomic mass is 32.1. The number of carbonyl (C=O) groups is 1. The number of ether oxygens (including phenoxy) is 2. The zero-order valence-corrected chi connectivity index (χ0v) is 22.9. The third kappa shape index (κ3) is 4.41. The molecule has 5 aromatic rings. The molecule has 1 atom stereocenters. The van der Waals surface area contributed by atoms with Crippen LogP contribution in [-0.4, -0.2) is 24.3 Å². The van der Waals surface area contributed by atoms with E-state index < -0.39 is 12.0 Å². The Morgan fingerprint density at radius 2 is 1.82 bits per heavy atom. The monoisotopic (exact) mass is 552 g/mol. The van der Waals surface area contributed by atoms with Gasteiger partial charge >= 0.3 is 5.97 Å². The molecule has 3 heterocycles. The lowest BCUT2D eigenvalue weighted by atomic mass is 9.89. The van der Waals surface area contributed by atoms with Crippen LogP contribution in [0.4, 0.5) is 0 Å². The number of benzene rings is 3. The summed E-state index contributed by atoms with van der Waals surface area (Å²) in [7, 11) is 1.60. The van der Waals surface area contributed by atoms with Crippen molar-refractivity contribution in [2.45, 2.75) is 13.0 Å².